The lowest BCUT2D eigenvalue weighted by atomic mass is 10.1. The number of ether oxygens (including phenoxy) is 2. The molecule has 1 aromatic carbocycles. The second-order valence-corrected chi connectivity index (χ2v) is 5.32. The smallest absolute Gasteiger partial charge is 0.118 e. The summed E-state index contributed by atoms with van der Waals surface area (Å²) in [6.45, 7) is 3.38. The Bertz CT molecular complexity index is 384. The van der Waals surface area contributed by atoms with Crippen molar-refractivity contribution in [2.75, 3.05) is 26.7 Å². The van der Waals surface area contributed by atoms with Crippen molar-refractivity contribution in [3.8, 4) is 5.75 Å². The van der Waals surface area contributed by atoms with Crippen LogP contribution < -0.4 is 4.74 Å². The minimum Gasteiger partial charge on any atom is -0.497 e. The van der Waals surface area contributed by atoms with Crippen LogP contribution in [0.15, 0.2) is 24.3 Å². The van der Waals surface area contributed by atoms with Crippen LogP contribution in [0.2, 0.25) is 0 Å². The summed E-state index contributed by atoms with van der Waals surface area (Å²) >= 11 is 0. The lowest BCUT2D eigenvalue weighted by molar-refractivity contribution is -0.0377. The summed E-state index contributed by atoms with van der Waals surface area (Å²) in [4.78, 5) is 2.55. The maximum atomic E-state index is 5.85. The maximum Gasteiger partial charge on any atom is 0.118 e. The minimum absolute atomic E-state index is 0. The van der Waals surface area contributed by atoms with Gasteiger partial charge in [0.15, 0.2) is 0 Å². The standard InChI is InChI=1S/C15H21NO2.ClH/c1-17-13-4-2-12(3-5-13)8-9-16-10-14-6-7-15(11-16)18-14;/h2-5,14-15H,6-11H2,1H3;1H. The van der Waals surface area contributed by atoms with Gasteiger partial charge in [0.05, 0.1) is 19.3 Å². The van der Waals surface area contributed by atoms with E-state index in [0.29, 0.717) is 12.2 Å². The van der Waals surface area contributed by atoms with Gasteiger partial charge >= 0.3 is 0 Å². The van der Waals surface area contributed by atoms with Crippen molar-refractivity contribution in [1.29, 1.82) is 0 Å². The van der Waals surface area contributed by atoms with E-state index in [1.54, 1.807) is 7.11 Å². The van der Waals surface area contributed by atoms with Gasteiger partial charge in [-0.05, 0) is 37.0 Å². The van der Waals surface area contributed by atoms with E-state index >= 15 is 0 Å². The highest BCUT2D eigenvalue weighted by atomic mass is 35.5. The molecular formula is C15H22ClNO2. The molecule has 0 N–H and O–H groups in total. The summed E-state index contributed by atoms with van der Waals surface area (Å²) in [7, 11) is 1.71. The van der Waals surface area contributed by atoms with Crippen molar-refractivity contribution in [3.05, 3.63) is 29.8 Å². The Balaban J connectivity index is 0.00000133. The molecule has 0 radical (unpaired) electrons. The van der Waals surface area contributed by atoms with Crippen molar-refractivity contribution in [2.45, 2.75) is 31.5 Å². The Morgan fingerprint density at radius 1 is 1.16 bits per heavy atom. The maximum absolute atomic E-state index is 5.85. The molecule has 0 saturated carbocycles. The molecule has 2 heterocycles. The molecule has 0 spiro atoms. The number of benzene rings is 1. The second-order valence-electron chi connectivity index (χ2n) is 5.32. The summed E-state index contributed by atoms with van der Waals surface area (Å²) < 4.78 is 11.0. The average Bonchev–Trinajstić information content (AvgIpc) is 2.76. The van der Waals surface area contributed by atoms with E-state index in [2.05, 4.69) is 17.0 Å². The highest BCUT2D eigenvalue weighted by Crippen LogP contribution is 2.26. The number of fused-ring (bicyclic) bond motifs is 2. The van der Waals surface area contributed by atoms with Crippen molar-refractivity contribution in [3.63, 3.8) is 0 Å². The van der Waals surface area contributed by atoms with Gasteiger partial charge in [0.1, 0.15) is 5.75 Å². The first-order chi connectivity index (χ1) is 8.83. The summed E-state index contributed by atoms with van der Waals surface area (Å²) in [5, 5.41) is 0. The molecule has 2 aliphatic rings. The number of hydrogen-bond donors (Lipinski definition) is 0. The van der Waals surface area contributed by atoms with Crippen LogP contribution in [0, 0.1) is 0 Å². The average molecular weight is 284 g/mol. The van der Waals surface area contributed by atoms with E-state index < -0.39 is 0 Å². The molecule has 2 fully saturated rings. The number of morpholine rings is 1. The Kier molecular flexibility index (Phi) is 5.08. The van der Waals surface area contributed by atoms with Gasteiger partial charge in [-0.3, -0.25) is 4.90 Å². The first kappa shape index (κ1) is 14.6. The number of likely N-dealkylation sites (tertiary alicyclic amines) is 1. The van der Waals surface area contributed by atoms with Crippen LogP contribution in [0.3, 0.4) is 0 Å². The number of hydrogen-bond acceptors (Lipinski definition) is 3. The summed E-state index contributed by atoms with van der Waals surface area (Å²) in [5.74, 6) is 0.933. The van der Waals surface area contributed by atoms with Gasteiger partial charge in [0.25, 0.3) is 0 Å². The third kappa shape index (κ3) is 3.62. The molecule has 0 amide bonds. The highest BCUT2D eigenvalue weighted by molar-refractivity contribution is 5.85. The van der Waals surface area contributed by atoms with Crippen LogP contribution in [0.4, 0.5) is 0 Å². The molecule has 2 saturated heterocycles. The zero-order chi connectivity index (χ0) is 12.4. The molecular weight excluding hydrogens is 262 g/mol. The van der Waals surface area contributed by atoms with Crippen molar-refractivity contribution in [2.24, 2.45) is 0 Å². The van der Waals surface area contributed by atoms with Crippen molar-refractivity contribution >= 4 is 12.4 Å². The molecule has 2 unspecified atom stereocenters. The molecule has 4 heteroatoms. The van der Waals surface area contributed by atoms with Crippen molar-refractivity contribution in [1.82, 2.24) is 4.90 Å². The molecule has 1 aromatic rings. The quantitative estimate of drug-likeness (QED) is 0.848. The number of nitrogens with zero attached hydrogens (tertiary/aromatic N) is 1. The Hall–Kier alpha value is -0.770. The van der Waals surface area contributed by atoms with Gasteiger partial charge in [-0.1, -0.05) is 12.1 Å². The molecule has 3 nitrogen and oxygen atoms in total. The highest BCUT2D eigenvalue weighted by Gasteiger charge is 2.33. The third-order valence-electron chi connectivity index (χ3n) is 3.99. The number of halogens is 1. The van der Waals surface area contributed by atoms with Crippen LogP contribution in [-0.2, 0) is 11.2 Å². The predicted octanol–water partition coefficient (Wildman–Crippen LogP) is 2.52. The van der Waals surface area contributed by atoms with Gasteiger partial charge in [-0.15, -0.1) is 12.4 Å². The first-order valence-corrected chi connectivity index (χ1v) is 6.84. The van der Waals surface area contributed by atoms with Gasteiger partial charge < -0.3 is 9.47 Å². The Morgan fingerprint density at radius 2 is 1.79 bits per heavy atom. The fourth-order valence-corrected chi connectivity index (χ4v) is 2.96. The van der Waals surface area contributed by atoms with E-state index in [1.807, 2.05) is 12.1 Å². The molecule has 2 aliphatic heterocycles. The zero-order valence-electron chi connectivity index (χ0n) is 11.4. The van der Waals surface area contributed by atoms with E-state index in [-0.39, 0.29) is 12.4 Å². The molecule has 2 bridgehead atoms. The van der Waals surface area contributed by atoms with Crippen LogP contribution in [-0.4, -0.2) is 43.9 Å². The predicted molar refractivity (Wildman–Crippen MR) is 78.3 cm³/mol. The van der Waals surface area contributed by atoms with E-state index in [9.17, 15) is 0 Å². The molecule has 106 valence electrons. The fraction of sp³-hybridized carbons (Fsp3) is 0.600. The summed E-state index contributed by atoms with van der Waals surface area (Å²) in [6.07, 6.45) is 4.62. The monoisotopic (exact) mass is 283 g/mol. The molecule has 2 atom stereocenters. The number of rotatable bonds is 4. The van der Waals surface area contributed by atoms with Crippen LogP contribution in [0.1, 0.15) is 18.4 Å². The number of methoxy groups -OCH3 is 1. The fourth-order valence-electron chi connectivity index (χ4n) is 2.96. The molecule has 0 aromatic heterocycles. The van der Waals surface area contributed by atoms with Crippen LogP contribution in [0.5, 0.6) is 5.75 Å². The summed E-state index contributed by atoms with van der Waals surface area (Å²) in [5.41, 5.74) is 1.38. The van der Waals surface area contributed by atoms with Crippen LogP contribution >= 0.6 is 12.4 Å². The first-order valence-electron chi connectivity index (χ1n) is 6.84. The normalized spacial score (nSPS) is 25.9. The largest absolute Gasteiger partial charge is 0.497 e. The van der Waals surface area contributed by atoms with E-state index in [4.69, 9.17) is 9.47 Å². The van der Waals surface area contributed by atoms with Gasteiger partial charge in [0, 0.05) is 19.6 Å². The molecule has 19 heavy (non-hydrogen) atoms. The van der Waals surface area contributed by atoms with Crippen molar-refractivity contribution < 1.29 is 9.47 Å². The SMILES string of the molecule is COc1ccc(CCN2CC3CCC(C2)O3)cc1.Cl. The van der Waals surface area contributed by atoms with E-state index in [0.717, 1.165) is 31.8 Å². The lowest BCUT2D eigenvalue weighted by Crippen LogP contribution is -2.43. The molecule has 0 aliphatic carbocycles. The third-order valence-corrected chi connectivity index (χ3v) is 3.99. The van der Waals surface area contributed by atoms with E-state index in [1.165, 1.54) is 18.4 Å². The topological polar surface area (TPSA) is 21.7 Å². The Morgan fingerprint density at radius 3 is 2.37 bits per heavy atom. The summed E-state index contributed by atoms with van der Waals surface area (Å²) in [6, 6.07) is 8.40. The van der Waals surface area contributed by atoms with Gasteiger partial charge in [0.2, 0.25) is 0 Å². The van der Waals surface area contributed by atoms with Crippen LogP contribution in [0.25, 0.3) is 0 Å². The Labute approximate surface area is 121 Å². The second kappa shape index (κ2) is 6.60. The minimum atomic E-state index is 0. The zero-order valence-corrected chi connectivity index (χ0v) is 12.2. The van der Waals surface area contributed by atoms with Gasteiger partial charge in [-0.2, -0.15) is 0 Å². The van der Waals surface area contributed by atoms with Gasteiger partial charge in [-0.25, -0.2) is 0 Å². The lowest BCUT2D eigenvalue weighted by Gasteiger charge is -2.32. The molecule has 3 rings (SSSR count).